The number of aromatic nitrogens is 6. The van der Waals surface area contributed by atoms with Crippen molar-refractivity contribution in [2.24, 2.45) is 7.05 Å². The van der Waals surface area contributed by atoms with E-state index in [0.717, 1.165) is 37.7 Å². The second-order valence-electron chi connectivity index (χ2n) is 7.20. The van der Waals surface area contributed by atoms with Gasteiger partial charge >= 0.3 is 6.18 Å². The van der Waals surface area contributed by atoms with Crippen molar-refractivity contribution in [3.8, 4) is 0 Å². The van der Waals surface area contributed by atoms with Crippen molar-refractivity contribution >= 4 is 11.6 Å². The van der Waals surface area contributed by atoms with Crippen molar-refractivity contribution in [1.29, 1.82) is 0 Å². The second kappa shape index (κ2) is 6.75. The average molecular weight is 393 g/mol. The Balaban J connectivity index is 1.64. The molecule has 0 N–H and O–H groups in total. The molecule has 0 aliphatic carbocycles. The van der Waals surface area contributed by atoms with Crippen LogP contribution < -0.4 is 4.90 Å². The van der Waals surface area contributed by atoms with Crippen LogP contribution in [0.1, 0.15) is 41.3 Å². The fraction of sp³-hybridized carbons (Fsp3) is 0.556. The lowest BCUT2D eigenvalue weighted by Crippen LogP contribution is -2.19. The SMILES string of the molecule is Cc1nc2cc(C(F)(F)F)c(CCc3nc(N4CCCC4)nn3C)nn2c1C. The van der Waals surface area contributed by atoms with E-state index in [2.05, 4.69) is 25.1 Å². The zero-order valence-electron chi connectivity index (χ0n) is 16.1. The number of imidazole rings is 1. The molecule has 4 heterocycles. The first-order chi connectivity index (χ1) is 13.2. The monoisotopic (exact) mass is 393 g/mol. The van der Waals surface area contributed by atoms with Crippen LogP contribution in [-0.2, 0) is 26.1 Å². The summed E-state index contributed by atoms with van der Waals surface area (Å²) in [4.78, 5) is 10.8. The number of fused-ring (bicyclic) bond motifs is 1. The predicted molar refractivity (Wildman–Crippen MR) is 97.3 cm³/mol. The van der Waals surface area contributed by atoms with Gasteiger partial charge in [-0.05, 0) is 39.2 Å². The van der Waals surface area contributed by atoms with Crippen LogP contribution in [0.25, 0.3) is 5.65 Å². The number of nitrogens with zero attached hydrogens (tertiary/aromatic N) is 7. The summed E-state index contributed by atoms with van der Waals surface area (Å²) in [6.07, 6.45) is -1.83. The molecule has 0 bridgehead atoms. The third kappa shape index (κ3) is 3.31. The highest BCUT2D eigenvalue weighted by molar-refractivity contribution is 5.46. The summed E-state index contributed by atoms with van der Waals surface area (Å²) >= 11 is 0. The van der Waals surface area contributed by atoms with E-state index in [1.807, 2.05) is 0 Å². The highest BCUT2D eigenvalue weighted by Crippen LogP contribution is 2.33. The maximum absolute atomic E-state index is 13.6. The molecule has 0 amide bonds. The Morgan fingerprint density at radius 3 is 2.43 bits per heavy atom. The molecule has 10 heteroatoms. The van der Waals surface area contributed by atoms with Crippen molar-refractivity contribution < 1.29 is 13.2 Å². The number of anilines is 1. The fourth-order valence-corrected chi connectivity index (χ4v) is 3.56. The molecule has 0 saturated carbocycles. The maximum atomic E-state index is 13.6. The third-order valence-corrected chi connectivity index (χ3v) is 5.27. The minimum Gasteiger partial charge on any atom is -0.340 e. The average Bonchev–Trinajstić information content (AvgIpc) is 3.33. The zero-order valence-corrected chi connectivity index (χ0v) is 16.1. The summed E-state index contributed by atoms with van der Waals surface area (Å²) in [5, 5.41) is 8.67. The molecule has 0 unspecified atom stereocenters. The van der Waals surface area contributed by atoms with Gasteiger partial charge in [-0.15, -0.1) is 5.10 Å². The standard InChI is InChI=1S/C18H22F3N7/c1-11-12(2)28-16(22-11)10-13(18(19,20)21)14(24-28)6-7-15-23-17(25-26(15)3)27-8-4-5-9-27/h10H,4-9H2,1-3H3. The van der Waals surface area contributed by atoms with Crippen molar-refractivity contribution in [1.82, 2.24) is 29.4 Å². The van der Waals surface area contributed by atoms with Crippen molar-refractivity contribution in [2.45, 2.75) is 45.7 Å². The molecule has 28 heavy (non-hydrogen) atoms. The van der Waals surface area contributed by atoms with E-state index in [1.165, 1.54) is 4.52 Å². The molecule has 150 valence electrons. The predicted octanol–water partition coefficient (Wildman–Crippen LogP) is 2.88. The van der Waals surface area contributed by atoms with Gasteiger partial charge in [-0.3, -0.25) is 4.68 Å². The summed E-state index contributed by atoms with van der Waals surface area (Å²) in [6, 6.07) is 1.08. The van der Waals surface area contributed by atoms with Gasteiger partial charge in [0.05, 0.1) is 22.6 Å². The summed E-state index contributed by atoms with van der Waals surface area (Å²) in [7, 11) is 1.77. The minimum atomic E-state index is -4.49. The highest BCUT2D eigenvalue weighted by atomic mass is 19.4. The number of hydrogen-bond donors (Lipinski definition) is 0. The first-order valence-electron chi connectivity index (χ1n) is 9.32. The molecule has 3 aromatic rings. The quantitative estimate of drug-likeness (QED) is 0.682. The molecule has 1 aliphatic heterocycles. The van der Waals surface area contributed by atoms with E-state index < -0.39 is 11.7 Å². The van der Waals surface area contributed by atoms with Crippen LogP contribution in [0.5, 0.6) is 0 Å². The smallest absolute Gasteiger partial charge is 0.340 e. The Labute approximate surface area is 160 Å². The van der Waals surface area contributed by atoms with Gasteiger partial charge in [-0.25, -0.2) is 9.50 Å². The van der Waals surface area contributed by atoms with E-state index in [0.29, 0.717) is 23.9 Å². The maximum Gasteiger partial charge on any atom is 0.418 e. The van der Waals surface area contributed by atoms with Gasteiger partial charge in [0.25, 0.3) is 0 Å². The largest absolute Gasteiger partial charge is 0.418 e. The molecule has 0 atom stereocenters. The molecule has 1 saturated heterocycles. The van der Waals surface area contributed by atoms with Gasteiger partial charge < -0.3 is 4.90 Å². The lowest BCUT2D eigenvalue weighted by Gasteiger charge is -2.12. The van der Waals surface area contributed by atoms with E-state index in [4.69, 9.17) is 0 Å². The molecule has 0 spiro atoms. The molecular formula is C18H22F3N7. The van der Waals surface area contributed by atoms with E-state index >= 15 is 0 Å². The lowest BCUT2D eigenvalue weighted by molar-refractivity contribution is -0.138. The van der Waals surface area contributed by atoms with Crippen LogP contribution in [0.2, 0.25) is 0 Å². The van der Waals surface area contributed by atoms with Crippen molar-refractivity contribution in [3.63, 3.8) is 0 Å². The second-order valence-corrected chi connectivity index (χ2v) is 7.20. The summed E-state index contributed by atoms with van der Waals surface area (Å²) in [5.41, 5.74) is 0.862. The molecule has 4 rings (SSSR count). The highest BCUT2D eigenvalue weighted by Gasteiger charge is 2.35. The summed E-state index contributed by atoms with van der Waals surface area (Å²) < 4.78 is 43.9. The van der Waals surface area contributed by atoms with Crippen LogP contribution >= 0.6 is 0 Å². The van der Waals surface area contributed by atoms with Gasteiger partial charge in [0, 0.05) is 26.6 Å². The first kappa shape index (κ1) is 18.7. The van der Waals surface area contributed by atoms with Gasteiger partial charge in [-0.2, -0.15) is 23.3 Å². The van der Waals surface area contributed by atoms with E-state index in [-0.39, 0.29) is 17.8 Å². The van der Waals surface area contributed by atoms with Gasteiger partial charge in [-0.1, -0.05) is 0 Å². The Kier molecular flexibility index (Phi) is 4.51. The number of rotatable bonds is 4. The molecule has 0 aromatic carbocycles. The molecule has 7 nitrogen and oxygen atoms in total. The molecule has 3 aromatic heterocycles. The number of halogens is 3. The Bertz CT molecular complexity index is 1010. The topological polar surface area (TPSA) is 64.1 Å². The van der Waals surface area contributed by atoms with Crippen LogP contribution in [0.3, 0.4) is 0 Å². The van der Waals surface area contributed by atoms with Crippen LogP contribution in [0, 0.1) is 13.8 Å². The normalized spacial score (nSPS) is 15.1. The van der Waals surface area contributed by atoms with Gasteiger partial charge in [0.1, 0.15) is 5.82 Å². The molecule has 1 aliphatic rings. The Morgan fingerprint density at radius 2 is 1.75 bits per heavy atom. The van der Waals surface area contributed by atoms with Crippen LogP contribution in [0.4, 0.5) is 19.1 Å². The summed E-state index contributed by atoms with van der Waals surface area (Å²) in [5.74, 6) is 1.30. The Hall–Kier alpha value is -2.65. The number of hydrogen-bond acceptors (Lipinski definition) is 5. The fourth-order valence-electron chi connectivity index (χ4n) is 3.56. The first-order valence-corrected chi connectivity index (χ1v) is 9.32. The van der Waals surface area contributed by atoms with Crippen molar-refractivity contribution in [3.05, 3.63) is 34.5 Å². The molecular weight excluding hydrogens is 371 g/mol. The van der Waals surface area contributed by atoms with E-state index in [1.54, 1.807) is 25.6 Å². The van der Waals surface area contributed by atoms with E-state index in [9.17, 15) is 13.2 Å². The van der Waals surface area contributed by atoms with Gasteiger partial charge in [0.15, 0.2) is 5.65 Å². The molecule has 0 radical (unpaired) electrons. The minimum absolute atomic E-state index is 0.00813. The summed E-state index contributed by atoms with van der Waals surface area (Å²) in [6.45, 7) is 5.39. The lowest BCUT2D eigenvalue weighted by atomic mass is 10.1. The van der Waals surface area contributed by atoms with Crippen molar-refractivity contribution in [2.75, 3.05) is 18.0 Å². The zero-order chi connectivity index (χ0) is 20.1. The van der Waals surface area contributed by atoms with Gasteiger partial charge in [0.2, 0.25) is 5.95 Å². The van der Waals surface area contributed by atoms with Crippen LogP contribution in [0.15, 0.2) is 6.07 Å². The third-order valence-electron chi connectivity index (χ3n) is 5.27. The van der Waals surface area contributed by atoms with Crippen LogP contribution in [-0.4, -0.2) is 42.5 Å². The number of alkyl halides is 3. The number of aryl methyl sites for hydroxylation is 5. The molecule has 1 fully saturated rings. The Morgan fingerprint density at radius 1 is 1.04 bits per heavy atom.